The number of hydrogen-bond donors (Lipinski definition) is 1. The molecule has 0 bridgehead atoms. The lowest BCUT2D eigenvalue weighted by Gasteiger charge is -2.22. The van der Waals surface area contributed by atoms with E-state index in [1.807, 2.05) is 11.8 Å². The highest BCUT2D eigenvalue weighted by molar-refractivity contribution is 5.37. The lowest BCUT2D eigenvalue weighted by Crippen LogP contribution is -2.33. The molecule has 0 spiro atoms. The lowest BCUT2D eigenvalue weighted by atomic mass is 10.4. The van der Waals surface area contributed by atoms with Crippen LogP contribution in [0.5, 0.6) is 5.88 Å². The first kappa shape index (κ1) is 13.7. The van der Waals surface area contributed by atoms with Crippen molar-refractivity contribution in [1.29, 1.82) is 0 Å². The van der Waals surface area contributed by atoms with Crippen molar-refractivity contribution in [3.05, 3.63) is 12.4 Å². The van der Waals surface area contributed by atoms with Crippen LogP contribution >= 0.6 is 0 Å². The van der Waals surface area contributed by atoms with E-state index in [0.29, 0.717) is 32.2 Å². The lowest BCUT2D eigenvalue weighted by molar-refractivity contribution is 0.205. The normalized spacial score (nSPS) is 10.3. The van der Waals surface area contributed by atoms with Crippen molar-refractivity contribution in [3.8, 4) is 5.88 Å². The summed E-state index contributed by atoms with van der Waals surface area (Å²) in [6, 6.07) is 0. The Balaban J connectivity index is 2.73. The molecule has 1 rings (SSSR count). The minimum Gasteiger partial charge on any atom is -0.477 e. The minimum atomic E-state index is 0.532. The van der Waals surface area contributed by atoms with Crippen molar-refractivity contribution in [2.24, 2.45) is 5.73 Å². The van der Waals surface area contributed by atoms with E-state index in [9.17, 15) is 0 Å². The fourth-order valence-electron chi connectivity index (χ4n) is 1.41. The van der Waals surface area contributed by atoms with E-state index in [-0.39, 0.29) is 0 Å². The molecule has 0 atom stereocenters. The van der Waals surface area contributed by atoms with E-state index >= 15 is 0 Å². The van der Waals surface area contributed by atoms with E-state index in [1.165, 1.54) is 0 Å². The Kier molecular flexibility index (Phi) is 6.27. The number of nitrogens with zero attached hydrogens (tertiary/aromatic N) is 3. The first-order valence-electron chi connectivity index (χ1n) is 5.70. The second kappa shape index (κ2) is 7.81. The Labute approximate surface area is 102 Å². The average molecular weight is 240 g/mol. The molecular weight excluding hydrogens is 220 g/mol. The molecule has 0 saturated heterocycles. The molecule has 0 unspecified atom stereocenters. The first-order valence-corrected chi connectivity index (χ1v) is 5.70. The molecule has 1 aromatic rings. The Bertz CT molecular complexity index is 322. The van der Waals surface area contributed by atoms with Gasteiger partial charge >= 0.3 is 0 Å². The molecule has 0 amide bonds. The molecule has 0 aromatic carbocycles. The molecule has 0 saturated carbocycles. The van der Waals surface area contributed by atoms with Crippen molar-refractivity contribution in [2.45, 2.75) is 6.92 Å². The van der Waals surface area contributed by atoms with Gasteiger partial charge < -0.3 is 20.1 Å². The Morgan fingerprint density at radius 1 is 1.35 bits per heavy atom. The zero-order valence-corrected chi connectivity index (χ0v) is 10.4. The second-order valence-corrected chi connectivity index (χ2v) is 3.42. The number of aromatic nitrogens is 2. The van der Waals surface area contributed by atoms with Crippen LogP contribution in [0.3, 0.4) is 0 Å². The van der Waals surface area contributed by atoms with Gasteiger partial charge in [-0.05, 0) is 6.92 Å². The molecule has 6 heteroatoms. The summed E-state index contributed by atoms with van der Waals surface area (Å²) in [6.45, 7) is 5.13. The molecule has 0 aliphatic rings. The third-order valence-electron chi connectivity index (χ3n) is 2.18. The number of rotatable bonds is 8. The van der Waals surface area contributed by atoms with Crippen LogP contribution in [0.15, 0.2) is 12.4 Å². The largest absolute Gasteiger partial charge is 0.477 e. The summed E-state index contributed by atoms with van der Waals surface area (Å²) in [7, 11) is 1.67. The van der Waals surface area contributed by atoms with Gasteiger partial charge in [-0.1, -0.05) is 0 Å². The number of anilines is 1. The molecule has 0 radical (unpaired) electrons. The van der Waals surface area contributed by atoms with Crippen molar-refractivity contribution in [1.82, 2.24) is 9.97 Å². The fraction of sp³-hybridized carbons (Fsp3) is 0.636. The van der Waals surface area contributed by atoms with Gasteiger partial charge in [0.1, 0.15) is 0 Å². The van der Waals surface area contributed by atoms with Crippen LogP contribution in [-0.4, -0.2) is 49.9 Å². The number of hydrogen-bond acceptors (Lipinski definition) is 6. The quantitative estimate of drug-likeness (QED) is 0.704. The predicted octanol–water partition coefficient (Wildman–Crippen LogP) is 0.287. The zero-order valence-electron chi connectivity index (χ0n) is 10.4. The van der Waals surface area contributed by atoms with Gasteiger partial charge in [0.15, 0.2) is 5.82 Å². The van der Waals surface area contributed by atoms with E-state index in [2.05, 4.69) is 9.97 Å². The van der Waals surface area contributed by atoms with E-state index in [4.69, 9.17) is 15.2 Å². The topological polar surface area (TPSA) is 73.5 Å². The highest BCUT2D eigenvalue weighted by atomic mass is 16.5. The van der Waals surface area contributed by atoms with Crippen LogP contribution in [0.1, 0.15) is 6.92 Å². The van der Waals surface area contributed by atoms with Gasteiger partial charge in [0, 0.05) is 26.7 Å². The summed E-state index contributed by atoms with van der Waals surface area (Å²) in [5, 5.41) is 0. The molecule has 0 aliphatic carbocycles. The fourth-order valence-corrected chi connectivity index (χ4v) is 1.41. The predicted molar refractivity (Wildman–Crippen MR) is 66.3 cm³/mol. The van der Waals surface area contributed by atoms with Crippen LogP contribution in [0.25, 0.3) is 0 Å². The third kappa shape index (κ3) is 4.54. The summed E-state index contributed by atoms with van der Waals surface area (Å²) in [5.41, 5.74) is 5.57. The van der Waals surface area contributed by atoms with Crippen LogP contribution in [0.4, 0.5) is 5.82 Å². The van der Waals surface area contributed by atoms with Crippen molar-refractivity contribution >= 4 is 5.82 Å². The van der Waals surface area contributed by atoms with Crippen LogP contribution in [0, 0.1) is 0 Å². The van der Waals surface area contributed by atoms with Crippen molar-refractivity contribution in [2.75, 3.05) is 44.9 Å². The molecule has 0 fully saturated rings. The number of methoxy groups -OCH3 is 1. The highest BCUT2D eigenvalue weighted by Crippen LogP contribution is 2.13. The molecule has 0 aliphatic heterocycles. The standard InChI is InChI=1S/C11H20N4O2/c1-3-17-11-9-13-8-10(14-11)15(5-4-12)6-7-16-2/h8-9H,3-7,12H2,1-2H3. The molecule has 6 nitrogen and oxygen atoms in total. The van der Waals surface area contributed by atoms with Gasteiger partial charge in [-0.25, -0.2) is 0 Å². The molecule has 2 N–H and O–H groups in total. The minimum absolute atomic E-state index is 0.532. The van der Waals surface area contributed by atoms with E-state index in [1.54, 1.807) is 19.5 Å². The average Bonchev–Trinajstić information content (AvgIpc) is 2.35. The summed E-state index contributed by atoms with van der Waals surface area (Å²) < 4.78 is 10.4. The highest BCUT2D eigenvalue weighted by Gasteiger charge is 2.08. The van der Waals surface area contributed by atoms with Crippen molar-refractivity contribution in [3.63, 3.8) is 0 Å². The van der Waals surface area contributed by atoms with Crippen molar-refractivity contribution < 1.29 is 9.47 Å². The van der Waals surface area contributed by atoms with Crippen LogP contribution in [-0.2, 0) is 4.74 Å². The Hall–Kier alpha value is -1.40. The molecule has 17 heavy (non-hydrogen) atoms. The SMILES string of the molecule is CCOc1cncc(N(CCN)CCOC)n1. The van der Waals surface area contributed by atoms with Crippen LogP contribution < -0.4 is 15.4 Å². The van der Waals surface area contributed by atoms with Gasteiger partial charge in [0.25, 0.3) is 0 Å². The third-order valence-corrected chi connectivity index (χ3v) is 2.18. The zero-order chi connectivity index (χ0) is 12.5. The number of nitrogens with two attached hydrogens (primary N) is 1. The van der Waals surface area contributed by atoms with Gasteiger partial charge in [0.2, 0.25) is 5.88 Å². The molecule has 1 aromatic heterocycles. The molecular formula is C11H20N4O2. The summed E-state index contributed by atoms with van der Waals surface area (Å²) in [4.78, 5) is 10.5. The maximum atomic E-state index is 5.57. The smallest absolute Gasteiger partial charge is 0.234 e. The Morgan fingerprint density at radius 3 is 2.82 bits per heavy atom. The van der Waals surface area contributed by atoms with Gasteiger partial charge in [-0.15, -0.1) is 0 Å². The van der Waals surface area contributed by atoms with E-state index in [0.717, 1.165) is 12.4 Å². The summed E-state index contributed by atoms with van der Waals surface area (Å²) >= 11 is 0. The summed E-state index contributed by atoms with van der Waals surface area (Å²) in [5.74, 6) is 1.29. The van der Waals surface area contributed by atoms with Gasteiger partial charge in [-0.2, -0.15) is 4.98 Å². The van der Waals surface area contributed by atoms with E-state index < -0.39 is 0 Å². The second-order valence-electron chi connectivity index (χ2n) is 3.42. The maximum absolute atomic E-state index is 5.57. The van der Waals surface area contributed by atoms with Gasteiger partial charge in [-0.3, -0.25) is 4.98 Å². The molecule has 96 valence electrons. The monoisotopic (exact) mass is 240 g/mol. The summed E-state index contributed by atoms with van der Waals surface area (Å²) in [6.07, 6.45) is 3.30. The first-order chi connectivity index (χ1) is 8.31. The number of ether oxygens (including phenoxy) is 2. The Morgan fingerprint density at radius 2 is 2.18 bits per heavy atom. The van der Waals surface area contributed by atoms with Gasteiger partial charge in [0.05, 0.1) is 25.6 Å². The van der Waals surface area contributed by atoms with Crippen LogP contribution in [0.2, 0.25) is 0 Å². The molecule has 1 heterocycles. The maximum Gasteiger partial charge on any atom is 0.234 e.